The molecule has 0 radical (unpaired) electrons. The summed E-state index contributed by atoms with van der Waals surface area (Å²) in [5.74, 6) is 0.625. The number of benzene rings is 1. The molecule has 1 aromatic carbocycles. The molecule has 0 amide bonds. The number of nitrogens with zero attached hydrogens (tertiary/aromatic N) is 5. The van der Waals surface area contributed by atoms with Crippen LogP contribution in [0.15, 0.2) is 73.6 Å². The predicted molar refractivity (Wildman–Crippen MR) is 119 cm³/mol. The molecule has 0 atom stereocenters. The molecular weight excluding hydrogens is 404 g/mol. The first-order chi connectivity index (χ1) is 15.7. The van der Waals surface area contributed by atoms with E-state index in [2.05, 4.69) is 25.3 Å². The lowest BCUT2D eigenvalue weighted by Crippen LogP contribution is -2.04. The second kappa shape index (κ2) is 8.43. The summed E-state index contributed by atoms with van der Waals surface area (Å²) in [4.78, 5) is 21.3. The minimum absolute atomic E-state index is 0.0621. The van der Waals surface area contributed by atoms with Gasteiger partial charge in [-0.1, -0.05) is 12.1 Å². The zero-order valence-electron chi connectivity index (χ0n) is 17.4. The first kappa shape index (κ1) is 19.6. The van der Waals surface area contributed by atoms with Gasteiger partial charge in [0.15, 0.2) is 5.78 Å². The predicted octanol–water partition coefficient (Wildman–Crippen LogP) is 3.70. The molecule has 0 bridgehead atoms. The molecule has 5 rings (SSSR count). The van der Waals surface area contributed by atoms with Crippen molar-refractivity contribution in [2.75, 3.05) is 7.11 Å². The fourth-order valence-corrected chi connectivity index (χ4v) is 3.63. The zero-order valence-corrected chi connectivity index (χ0v) is 17.4. The van der Waals surface area contributed by atoms with Crippen LogP contribution in [0, 0.1) is 0 Å². The number of fused-ring (bicyclic) bond motifs is 1. The number of rotatable bonds is 7. The van der Waals surface area contributed by atoms with E-state index in [-0.39, 0.29) is 12.2 Å². The fraction of sp³-hybridized carbons (Fsp3) is 0.125. The summed E-state index contributed by atoms with van der Waals surface area (Å²) in [7, 11) is 1.61. The molecular formula is C24H20N6O2. The molecule has 0 aliphatic heterocycles. The number of ether oxygens (including phenoxy) is 1. The van der Waals surface area contributed by atoms with E-state index in [1.165, 1.54) is 0 Å². The molecule has 158 valence electrons. The number of Topliss-reactive ketones (excluding diaryl/α,β-unsaturated/α-hetero) is 1. The number of carbonyl (C=O) groups is 1. The molecule has 32 heavy (non-hydrogen) atoms. The van der Waals surface area contributed by atoms with E-state index in [0.29, 0.717) is 18.0 Å². The Balaban J connectivity index is 1.34. The van der Waals surface area contributed by atoms with Crippen molar-refractivity contribution in [1.82, 2.24) is 29.9 Å². The second-order valence-corrected chi connectivity index (χ2v) is 7.45. The maximum Gasteiger partial charge on any atom is 0.188 e. The Bertz CT molecular complexity index is 1390. The van der Waals surface area contributed by atoms with Crippen molar-refractivity contribution in [3.8, 4) is 16.9 Å². The summed E-state index contributed by atoms with van der Waals surface area (Å²) in [6, 6.07) is 11.6. The largest absolute Gasteiger partial charge is 0.495 e. The molecule has 0 aliphatic carbocycles. The monoisotopic (exact) mass is 424 g/mol. The van der Waals surface area contributed by atoms with Gasteiger partial charge in [-0.3, -0.25) is 24.5 Å². The van der Waals surface area contributed by atoms with Gasteiger partial charge in [-0.2, -0.15) is 10.2 Å². The molecule has 5 aromatic rings. The Labute approximate surface area is 183 Å². The normalized spacial score (nSPS) is 11.0. The molecule has 0 unspecified atom stereocenters. The Hall–Kier alpha value is -4.33. The first-order valence-corrected chi connectivity index (χ1v) is 10.1. The minimum atomic E-state index is -0.0621. The van der Waals surface area contributed by atoms with Crippen molar-refractivity contribution < 1.29 is 9.53 Å². The van der Waals surface area contributed by atoms with Crippen molar-refractivity contribution in [3.05, 3.63) is 90.4 Å². The van der Waals surface area contributed by atoms with Gasteiger partial charge in [0.1, 0.15) is 11.4 Å². The summed E-state index contributed by atoms with van der Waals surface area (Å²) < 4.78 is 7.06. The van der Waals surface area contributed by atoms with E-state index in [1.807, 2.05) is 42.6 Å². The number of aromatic amines is 1. The number of H-pyrrole nitrogens is 1. The lowest BCUT2D eigenvalue weighted by Gasteiger charge is -2.04. The average Bonchev–Trinajstić information content (AvgIpc) is 3.46. The van der Waals surface area contributed by atoms with Crippen LogP contribution in [0.1, 0.15) is 21.6 Å². The smallest absolute Gasteiger partial charge is 0.188 e. The number of hydrogen-bond acceptors (Lipinski definition) is 6. The number of ketones is 1. The van der Waals surface area contributed by atoms with Crippen LogP contribution in [-0.4, -0.2) is 42.8 Å². The molecule has 4 aromatic heterocycles. The molecule has 0 aliphatic rings. The number of methoxy groups -OCH3 is 1. The van der Waals surface area contributed by atoms with Gasteiger partial charge in [-0.05, 0) is 41.0 Å². The first-order valence-electron chi connectivity index (χ1n) is 10.1. The quantitative estimate of drug-likeness (QED) is 0.400. The highest BCUT2D eigenvalue weighted by molar-refractivity contribution is 6.07. The molecule has 0 fully saturated rings. The highest BCUT2D eigenvalue weighted by Crippen LogP contribution is 2.27. The Morgan fingerprint density at radius 3 is 2.81 bits per heavy atom. The summed E-state index contributed by atoms with van der Waals surface area (Å²) >= 11 is 0. The number of carbonyl (C=O) groups excluding carboxylic acids is 1. The number of nitrogens with one attached hydrogen (secondary N) is 1. The maximum absolute atomic E-state index is 12.9. The van der Waals surface area contributed by atoms with Gasteiger partial charge in [0, 0.05) is 42.2 Å². The van der Waals surface area contributed by atoms with Crippen LogP contribution in [0.3, 0.4) is 0 Å². The molecule has 8 nitrogen and oxygen atoms in total. The highest BCUT2D eigenvalue weighted by atomic mass is 16.5. The molecule has 1 N–H and O–H groups in total. The van der Waals surface area contributed by atoms with Crippen LogP contribution in [-0.2, 0) is 13.0 Å². The minimum Gasteiger partial charge on any atom is -0.495 e. The van der Waals surface area contributed by atoms with Crippen LogP contribution >= 0.6 is 0 Å². The summed E-state index contributed by atoms with van der Waals surface area (Å²) in [5, 5.41) is 12.4. The van der Waals surface area contributed by atoms with Gasteiger partial charge in [0.25, 0.3) is 0 Å². The van der Waals surface area contributed by atoms with E-state index in [1.54, 1.807) is 42.8 Å². The van der Waals surface area contributed by atoms with Crippen molar-refractivity contribution in [2.45, 2.75) is 13.0 Å². The number of pyridine rings is 2. The standard InChI is InChI=1S/C24H20N6O2/c1-32-20-8-19(12-26-13-20)18-4-5-21-22(9-18)28-29-24(21)23(31)7-17-11-27-30(15-17)14-16-3-2-6-25-10-16/h2-6,8-13,15H,7,14H2,1H3,(H,28,29). The lowest BCUT2D eigenvalue weighted by atomic mass is 10.0. The lowest BCUT2D eigenvalue weighted by molar-refractivity contribution is 0.0989. The Morgan fingerprint density at radius 2 is 1.97 bits per heavy atom. The topological polar surface area (TPSA) is 98.6 Å². The average molecular weight is 424 g/mol. The fourth-order valence-electron chi connectivity index (χ4n) is 3.63. The van der Waals surface area contributed by atoms with Gasteiger partial charge in [0.05, 0.1) is 31.6 Å². The van der Waals surface area contributed by atoms with Crippen molar-refractivity contribution >= 4 is 16.7 Å². The van der Waals surface area contributed by atoms with Crippen molar-refractivity contribution in [2.24, 2.45) is 0 Å². The van der Waals surface area contributed by atoms with Crippen LogP contribution in [0.5, 0.6) is 5.75 Å². The zero-order chi connectivity index (χ0) is 21.9. The van der Waals surface area contributed by atoms with Crippen molar-refractivity contribution in [3.63, 3.8) is 0 Å². The van der Waals surface area contributed by atoms with Gasteiger partial charge in [-0.25, -0.2) is 0 Å². The SMILES string of the molecule is COc1cncc(-c2ccc3c(C(=O)Cc4cnn(Cc5cccnc5)c4)n[nH]c3c2)c1. The van der Waals surface area contributed by atoms with Crippen LogP contribution in [0.2, 0.25) is 0 Å². The Kier molecular flexibility index (Phi) is 5.17. The summed E-state index contributed by atoms with van der Waals surface area (Å²) in [6.45, 7) is 0.606. The van der Waals surface area contributed by atoms with Gasteiger partial charge >= 0.3 is 0 Å². The van der Waals surface area contributed by atoms with Crippen LogP contribution < -0.4 is 4.74 Å². The van der Waals surface area contributed by atoms with Crippen molar-refractivity contribution in [1.29, 1.82) is 0 Å². The second-order valence-electron chi connectivity index (χ2n) is 7.45. The molecule has 4 heterocycles. The molecule has 0 saturated carbocycles. The molecule has 0 spiro atoms. The van der Waals surface area contributed by atoms with Gasteiger partial charge in [0.2, 0.25) is 0 Å². The van der Waals surface area contributed by atoms with Crippen LogP contribution in [0.4, 0.5) is 0 Å². The number of aromatic nitrogens is 6. The van der Waals surface area contributed by atoms with E-state index < -0.39 is 0 Å². The summed E-state index contributed by atoms with van der Waals surface area (Å²) in [6.07, 6.45) is 10.8. The van der Waals surface area contributed by atoms with E-state index in [9.17, 15) is 4.79 Å². The number of hydrogen-bond donors (Lipinski definition) is 1. The van der Waals surface area contributed by atoms with E-state index in [0.717, 1.165) is 33.2 Å². The highest BCUT2D eigenvalue weighted by Gasteiger charge is 2.16. The maximum atomic E-state index is 12.9. The van der Waals surface area contributed by atoms with E-state index in [4.69, 9.17) is 4.74 Å². The van der Waals surface area contributed by atoms with Gasteiger partial charge in [-0.15, -0.1) is 0 Å². The van der Waals surface area contributed by atoms with Crippen LogP contribution in [0.25, 0.3) is 22.0 Å². The third-order valence-corrected chi connectivity index (χ3v) is 5.23. The summed E-state index contributed by atoms with van der Waals surface area (Å²) in [5.41, 5.74) is 5.00. The molecule has 0 saturated heterocycles. The third-order valence-electron chi connectivity index (χ3n) is 5.23. The van der Waals surface area contributed by atoms with Gasteiger partial charge < -0.3 is 4.74 Å². The third kappa shape index (κ3) is 3.98. The van der Waals surface area contributed by atoms with E-state index >= 15 is 0 Å². The molecule has 8 heteroatoms. The Morgan fingerprint density at radius 1 is 1.03 bits per heavy atom.